The number of rotatable bonds is 5. The Kier molecular flexibility index (Phi) is 6.21. The highest BCUT2D eigenvalue weighted by Gasteiger charge is 2.31. The molecule has 2 fully saturated rings. The van der Waals surface area contributed by atoms with Crippen LogP contribution in [0.3, 0.4) is 0 Å². The Morgan fingerprint density at radius 1 is 0.947 bits per heavy atom. The van der Waals surface area contributed by atoms with Crippen LogP contribution in [-0.2, 0) is 0 Å². The highest BCUT2D eigenvalue weighted by molar-refractivity contribution is 4.90. The quantitative estimate of drug-likeness (QED) is 0.582. The number of nitrogens with zero attached hydrogens (tertiary/aromatic N) is 1. The molecule has 0 bridgehead atoms. The molecule has 2 saturated carbocycles. The van der Waals surface area contributed by atoms with Crippen molar-refractivity contribution >= 4 is 0 Å². The number of nitriles is 1. The SMILES string of the molecule is CCCCCC1CCC([C@@H]2CCC[C@@H](C#N)C2)CC1. The number of hydrogen-bond donors (Lipinski definition) is 0. The highest BCUT2D eigenvalue weighted by atomic mass is 14.4. The first-order valence-corrected chi connectivity index (χ1v) is 8.73. The van der Waals surface area contributed by atoms with Gasteiger partial charge in [0.05, 0.1) is 6.07 Å². The van der Waals surface area contributed by atoms with Gasteiger partial charge < -0.3 is 0 Å². The van der Waals surface area contributed by atoms with Gasteiger partial charge in [-0.05, 0) is 43.4 Å². The zero-order valence-electron chi connectivity index (χ0n) is 12.7. The monoisotopic (exact) mass is 261 g/mol. The van der Waals surface area contributed by atoms with E-state index in [1.807, 2.05) is 0 Å². The Labute approximate surface area is 119 Å². The molecule has 0 heterocycles. The fourth-order valence-corrected chi connectivity index (χ4v) is 4.40. The third-order valence-electron chi connectivity index (χ3n) is 5.67. The third kappa shape index (κ3) is 4.51. The summed E-state index contributed by atoms with van der Waals surface area (Å²) >= 11 is 0. The van der Waals surface area contributed by atoms with Crippen molar-refractivity contribution in [3.63, 3.8) is 0 Å². The van der Waals surface area contributed by atoms with Crippen LogP contribution in [0.1, 0.15) is 84.0 Å². The normalized spacial score (nSPS) is 35.8. The summed E-state index contributed by atoms with van der Waals surface area (Å²) < 4.78 is 0. The molecular weight excluding hydrogens is 230 g/mol. The summed E-state index contributed by atoms with van der Waals surface area (Å²) in [5.41, 5.74) is 0. The van der Waals surface area contributed by atoms with E-state index in [4.69, 9.17) is 5.26 Å². The van der Waals surface area contributed by atoms with E-state index in [-0.39, 0.29) is 0 Å². The van der Waals surface area contributed by atoms with Gasteiger partial charge >= 0.3 is 0 Å². The van der Waals surface area contributed by atoms with E-state index in [0.29, 0.717) is 5.92 Å². The van der Waals surface area contributed by atoms with Gasteiger partial charge in [-0.2, -0.15) is 5.26 Å². The first-order chi connectivity index (χ1) is 9.33. The molecule has 0 aliphatic heterocycles. The summed E-state index contributed by atoms with van der Waals surface area (Å²) in [5.74, 6) is 3.24. The molecule has 2 aliphatic rings. The van der Waals surface area contributed by atoms with Crippen molar-refractivity contribution in [3.8, 4) is 6.07 Å². The van der Waals surface area contributed by atoms with Gasteiger partial charge in [0.2, 0.25) is 0 Å². The molecule has 0 N–H and O–H groups in total. The molecule has 0 saturated heterocycles. The van der Waals surface area contributed by atoms with E-state index >= 15 is 0 Å². The maximum absolute atomic E-state index is 9.12. The zero-order valence-corrected chi connectivity index (χ0v) is 12.7. The van der Waals surface area contributed by atoms with E-state index in [9.17, 15) is 0 Å². The van der Waals surface area contributed by atoms with Gasteiger partial charge in [0, 0.05) is 5.92 Å². The summed E-state index contributed by atoms with van der Waals surface area (Å²) in [7, 11) is 0. The average molecular weight is 261 g/mol. The van der Waals surface area contributed by atoms with E-state index in [2.05, 4.69) is 13.0 Å². The standard InChI is InChI=1S/C18H31N/c1-2-3-4-6-15-9-11-17(12-10-15)18-8-5-7-16(13-18)14-19/h15-18H,2-13H2,1H3/t15?,16-,17?,18-/m1/s1. The first kappa shape index (κ1) is 14.9. The molecule has 1 nitrogen and oxygen atoms in total. The summed E-state index contributed by atoms with van der Waals surface area (Å²) in [6, 6.07) is 2.52. The second-order valence-electron chi connectivity index (χ2n) is 7.03. The van der Waals surface area contributed by atoms with Crippen molar-refractivity contribution in [1.29, 1.82) is 5.26 Å². The minimum Gasteiger partial charge on any atom is -0.198 e. The van der Waals surface area contributed by atoms with Gasteiger partial charge in [-0.3, -0.25) is 0 Å². The Balaban J connectivity index is 1.69. The first-order valence-electron chi connectivity index (χ1n) is 8.73. The van der Waals surface area contributed by atoms with E-state index in [0.717, 1.165) is 17.8 Å². The molecule has 0 aromatic carbocycles. The van der Waals surface area contributed by atoms with Gasteiger partial charge in [-0.25, -0.2) is 0 Å². The predicted molar refractivity (Wildman–Crippen MR) is 80.7 cm³/mol. The molecule has 0 amide bonds. The summed E-state index contributed by atoms with van der Waals surface area (Å²) in [5, 5.41) is 9.12. The van der Waals surface area contributed by atoms with Crippen LogP contribution in [-0.4, -0.2) is 0 Å². The Bertz CT molecular complexity index is 283. The third-order valence-corrected chi connectivity index (χ3v) is 5.67. The maximum Gasteiger partial charge on any atom is 0.0655 e. The van der Waals surface area contributed by atoms with Crippen molar-refractivity contribution in [3.05, 3.63) is 0 Å². The predicted octanol–water partition coefficient (Wildman–Crippen LogP) is 5.70. The minimum absolute atomic E-state index is 0.376. The lowest BCUT2D eigenvalue weighted by Gasteiger charge is -2.37. The highest BCUT2D eigenvalue weighted by Crippen LogP contribution is 2.42. The zero-order chi connectivity index (χ0) is 13.5. The van der Waals surface area contributed by atoms with Crippen molar-refractivity contribution in [2.24, 2.45) is 23.7 Å². The number of unbranched alkanes of at least 4 members (excludes halogenated alkanes) is 2. The van der Waals surface area contributed by atoms with Crippen LogP contribution in [0.15, 0.2) is 0 Å². The topological polar surface area (TPSA) is 23.8 Å². The van der Waals surface area contributed by atoms with Crippen molar-refractivity contribution in [1.82, 2.24) is 0 Å². The van der Waals surface area contributed by atoms with E-state index in [1.54, 1.807) is 0 Å². The minimum atomic E-state index is 0.376. The second-order valence-corrected chi connectivity index (χ2v) is 7.03. The van der Waals surface area contributed by atoms with Crippen LogP contribution >= 0.6 is 0 Å². The van der Waals surface area contributed by atoms with Crippen LogP contribution in [0, 0.1) is 35.0 Å². The molecule has 1 heteroatoms. The number of hydrogen-bond acceptors (Lipinski definition) is 1. The van der Waals surface area contributed by atoms with Gasteiger partial charge in [-0.1, -0.05) is 58.3 Å². The van der Waals surface area contributed by atoms with Crippen molar-refractivity contribution < 1.29 is 0 Å². The Morgan fingerprint density at radius 2 is 1.74 bits per heavy atom. The molecule has 0 aromatic rings. The molecule has 2 aliphatic carbocycles. The summed E-state index contributed by atoms with van der Waals surface area (Å²) in [4.78, 5) is 0. The van der Waals surface area contributed by atoms with Gasteiger partial charge in [0.15, 0.2) is 0 Å². The van der Waals surface area contributed by atoms with E-state index in [1.165, 1.54) is 77.0 Å². The molecule has 0 aromatic heterocycles. The average Bonchev–Trinajstić information content (AvgIpc) is 2.48. The fraction of sp³-hybridized carbons (Fsp3) is 0.944. The fourth-order valence-electron chi connectivity index (χ4n) is 4.40. The molecule has 2 rings (SSSR count). The van der Waals surface area contributed by atoms with Crippen molar-refractivity contribution in [2.75, 3.05) is 0 Å². The molecule has 19 heavy (non-hydrogen) atoms. The summed E-state index contributed by atoms with van der Waals surface area (Å²) in [6.07, 6.45) is 16.7. The van der Waals surface area contributed by atoms with Crippen LogP contribution in [0.25, 0.3) is 0 Å². The van der Waals surface area contributed by atoms with E-state index < -0.39 is 0 Å². The lowest BCUT2D eigenvalue weighted by Crippen LogP contribution is -2.26. The van der Waals surface area contributed by atoms with Crippen molar-refractivity contribution in [2.45, 2.75) is 84.0 Å². The smallest absolute Gasteiger partial charge is 0.0655 e. The van der Waals surface area contributed by atoms with Crippen LogP contribution in [0.2, 0.25) is 0 Å². The Morgan fingerprint density at radius 3 is 2.42 bits per heavy atom. The van der Waals surface area contributed by atoms with Crippen LogP contribution in [0.5, 0.6) is 0 Å². The summed E-state index contributed by atoms with van der Waals surface area (Å²) in [6.45, 7) is 2.30. The van der Waals surface area contributed by atoms with Crippen LogP contribution < -0.4 is 0 Å². The second kappa shape index (κ2) is 7.93. The molecule has 2 atom stereocenters. The largest absolute Gasteiger partial charge is 0.198 e. The lowest BCUT2D eigenvalue weighted by atomic mass is 9.68. The maximum atomic E-state index is 9.12. The van der Waals surface area contributed by atoms with Gasteiger partial charge in [-0.15, -0.1) is 0 Å². The Hall–Kier alpha value is -0.510. The molecule has 0 radical (unpaired) electrons. The molecule has 108 valence electrons. The molecule has 0 spiro atoms. The molecular formula is C18H31N. The lowest BCUT2D eigenvalue weighted by molar-refractivity contribution is 0.149. The van der Waals surface area contributed by atoms with Crippen LogP contribution in [0.4, 0.5) is 0 Å². The molecule has 0 unspecified atom stereocenters. The van der Waals surface area contributed by atoms with Gasteiger partial charge in [0.1, 0.15) is 0 Å². The van der Waals surface area contributed by atoms with Gasteiger partial charge in [0.25, 0.3) is 0 Å².